The highest BCUT2D eigenvalue weighted by Crippen LogP contribution is 2.32. The molecule has 4 nitrogen and oxygen atoms in total. The van der Waals surface area contributed by atoms with Gasteiger partial charge in [-0.25, -0.2) is 0 Å². The standard InChI is InChI=1S/C14H10Cl4N2O2/c15-10-3-5-11(6-4-10)22-13(14(16,17)18)20-12(21)9-2-1-7-19-8-9/h1-8,13H,(H,20,21). The largest absolute Gasteiger partial charge is 0.466 e. The molecule has 116 valence electrons. The Labute approximate surface area is 147 Å². The van der Waals surface area contributed by atoms with Crippen LogP contribution in [0.15, 0.2) is 48.8 Å². The molecule has 0 aliphatic rings. The first kappa shape index (κ1) is 17.2. The van der Waals surface area contributed by atoms with Crippen molar-refractivity contribution in [2.24, 2.45) is 0 Å². The van der Waals surface area contributed by atoms with Gasteiger partial charge in [0.2, 0.25) is 10.0 Å². The molecule has 8 heteroatoms. The summed E-state index contributed by atoms with van der Waals surface area (Å²) in [4.78, 5) is 16.0. The number of alkyl halides is 3. The van der Waals surface area contributed by atoms with Crippen molar-refractivity contribution in [3.63, 3.8) is 0 Å². The van der Waals surface area contributed by atoms with Gasteiger partial charge in [0.15, 0.2) is 0 Å². The van der Waals surface area contributed by atoms with Gasteiger partial charge in [-0.15, -0.1) is 0 Å². The van der Waals surface area contributed by atoms with Gasteiger partial charge < -0.3 is 10.1 Å². The summed E-state index contributed by atoms with van der Waals surface area (Å²) < 4.78 is 3.66. The minimum atomic E-state index is -1.86. The molecule has 0 fully saturated rings. The van der Waals surface area contributed by atoms with E-state index in [-0.39, 0.29) is 0 Å². The number of nitrogens with one attached hydrogen (secondary N) is 1. The van der Waals surface area contributed by atoms with Gasteiger partial charge in [-0.2, -0.15) is 0 Å². The van der Waals surface area contributed by atoms with E-state index >= 15 is 0 Å². The zero-order valence-corrected chi connectivity index (χ0v) is 14.0. The van der Waals surface area contributed by atoms with Crippen LogP contribution in [0, 0.1) is 0 Å². The number of ether oxygens (including phenoxy) is 1. The zero-order chi connectivity index (χ0) is 16.2. The molecule has 0 saturated carbocycles. The second kappa shape index (κ2) is 7.38. The maximum absolute atomic E-state index is 12.1. The van der Waals surface area contributed by atoms with E-state index in [0.29, 0.717) is 16.3 Å². The van der Waals surface area contributed by atoms with E-state index in [4.69, 9.17) is 51.1 Å². The summed E-state index contributed by atoms with van der Waals surface area (Å²) in [5.41, 5.74) is 0.321. The Morgan fingerprint density at radius 1 is 1.18 bits per heavy atom. The fourth-order valence-corrected chi connectivity index (χ4v) is 1.95. The van der Waals surface area contributed by atoms with E-state index in [2.05, 4.69) is 10.3 Å². The van der Waals surface area contributed by atoms with Gasteiger partial charge >= 0.3 is 0 Å². The molecule has 2 aromatic rings. The summed E-state index contributed by atoms with van der Waals surface area (Å²) in [6.45, 7) is 0. The predicted octanol–water partition coefficient (Wildman–Crippen LogP) is 4.24. The fourth-order valence-electron chi connectivity index (χ4n) is 1.53. The monoisotopic (exact) mass is 378 g/mol. The van der Waals surface area contributed by atoms with Gasteiger partial charge in [-0.05, 0) is 36.4 Å². The molecule has 0 aliphatic heterocycles. The lowest BCUT2D eigenvalue weighted by atomic mass is 10.2. The zero-order valence-electron chi connectivity index (χ0n) is 11.0. The van der Waals surface area contributed by atoms with Gasteiger partial charge in [-0.1, -0.05) is 46.4 Å². The SMILES string of the molecule is O=C(NC(Oc1ccc(Cl)cc1)C(Cl)(Cl)Cl)c1cccnc1. The molecule has 0 saturated heterocycles. The fraction of sp³-hybridized carbons (Fsp3) is 0.143. The Hall–Kier alpha value is -1.20. The molecule has 1 amide bonds. The first-order valence-electron chi connectivity index (χ1n) is 6.06. The maximum Gasteiger partial charge on any atom is 0.255 e. The smallest absolute Gasteiger partial charge is 0.255 e. The van der Waals surface area contributed by atoms with Crippen LogP contribution in [0.25, 0.3) is 0 Å². The number of carbonyl (C=O) groups excluding carboxylic acids is 1. The van der Waals surface area contributed by atoms with Crippen LogP contribution < -0.4 is 10.1 Å². The molecule has 0 spiro atoms. The third-order valence-corrected chi connectivity index (χ3v) is 3.40. The van der Waals surface area contributed by atoms with Gasteiger partial charge in [-0.3, -0.25) is 9.78 Å². The van der Waals surface area contributed by atoms with Crippen LogP contribution in [0.1, 0.15) is 10.4 Å². The van der Waals surface area contributed by atoms with Crippen molar-refractivity contribution >= 4 is 52.3 Å². The van der Waals surface area contributed by atoms with E-state index in [1.165, 1.54) is 6.20 Å². The molecule has 1 atom stereocenters. The summed E-state index contributed by atoms with van der Waals surface area (Å²) in [6, 6.07) is 9.65. The minimum absolute atomic E-state index is 0.321. The lowest BCUT2D eigenvalue weighted by Gasteiger charge is -2.26. The van der Waals surface area contributed by atoms with Crippen LogP contribution in [-0.4, -0.2) is 20.9 Å². The number of benzene rings is 1. The van der Waals surface area contributed by atoms with Crippen LogP contribution in [0.3, 0.4) is 0 Å². The van der Waals surface area contributed by atoms with Gasteiger partial charge in [0.25, 0.3) is 5.91 Å². The normalized spacial score (nSPS) is 12.5. The number of hydrogen-bond donors (Lipinski definition) is 1. The highest BCUT2D eigenvalue weighted by molar-refractivity contribution is 6.68. The Bertz CT molecular complexity index is 630. The van der Waals surface area contributed by atoms with Crippen LogP contribution in [0.4, 0.5) is 0 Å². The third kappa shape index (κ3) is 4.92. The highest BCUT2D eigenvalue weighted by Gasteiger charge is 2.36. The first-order valence-corrected chi connectivity index (χ1v) is 7.57. The summed E-state index contributed by atoms with van der Waals surface area (Å²) in [5.74, 6) is -0.0781. The molecule has 1 N–H and O–H groups in total. The number of hydrogen-bond acceptors (Lipinski definition) is 3. The number of aromatic nitrogens is 1. The van der Waals surface area contributed by atoms with Crippen molar-refractivity contribution < 1.29 is 9.53 Å². The quantitative estimate of drug-likeness (QED) is 0.638. The second-order valence-corrected chi connectivity index (χ2v) is 7.01. The van der Waals surface area contributed by atoms with Crippen molar-refractivity contribution in [2.45, 2.75) is 10.0 Å². The van der Waals surface area contributed by atoms with Crippen LogP contribution in [0.2, 0.25) is 5.02 Å². The van der Waals surface area contributed by atoms with Crippen molar-refractivity contribution in [3.05, 3.63) is 59.4 Å². The molecule has 22 heavy (non-hydrogen) atoms. The Kier molecular flexibility index (Phi) is 5.75. The molecule has 2 rings (SSSR count). The molecule has 1 aromatic carbocycles. The molecule has 0 aliphatic carbocycles. The average molecular weight is 380 g/mol. The molecule has 0 radical (unpaired) electrons. The van der Waals surface area contributed by atoms with Gasteiger partial charge in [0, 0.05) is 17.4 Å². The molecule has 1 heterocycles. The summed E-state index contributed by atoms with van der Waals surface area (Å²) in [5, 5.41) is 3.05. The Morgan fingerprint density at radius 3 is 2.41 bits per heavy atom. The molecule has 0 bridgehead atoms. The second-order valence-electron chi connectivity index (χ2n) is 4.21. The number of rotatable bonds is 4. The van der Waals surface area contributed by atoms with E-state index in [0.717, 1.165) is 0 Å². The molecule has 1 aromatic heterocycles. The summed E-state index contributed by atoms with van der Waals surface area (Å²) in [6.07, 6.45) is 1.76. The van der Waals surface area contributed by atoms with E-state index < -0.39 is 15.9 Å². The predicted molar refractivity (Wildman–Crippen MR) is 87.9 cm³/mol. The number of pyridine rings is 1. The van der Waals surface area contributed by atoms with Crippen molar-refractivity contribution in [3.8, 4) is 5.75 Å². The first-order chi connectivity index (χ1) is 10.4. The van der Waals surface area contributed by atoms with Crippen molar-refractivity contribution in [1.82, 2.24) is 10.3 Å². The number of nitrogens with zero attached hydrogens (tertiary/aromatic N) is 1. The van der Waals surface area contributed by atoms with Gasteiger partial charge in [0.05, 0.1) is 5.56 Å². The van der Waals surface area contributed by atoms with Gasteiger partial charge in [0.1, 0.15) is 5.75 Å². The highest BCUT2D eigenvalue weighted by atomic mass is 35.6. The van der Waals surface area contributed by atoms with E-state index in [9.17, 15) is 4.79 Å². The lowest BCUT2D eigenvalue weighted by Crippen LogP contribution is -2.47. The van der Waals surface area contributed by atoms with Crippen LogP contribution in [0.5, 0.6) is 5.75 Å². The third-order valence-electron chi connectivity index (χ3n) is 2.55. The number of halogens is 4. The van der Waals surface area contributed by atoms with E-state index in [1.807, 2.05) is 0 Å². The van der Waals surface area contributed by atoms with Crippen molar-refractivity contribution in [1.29, 1.82) is 0 Å². The molecule has 1 unspecified atom stereocenters. The maximum atomic E-state index is 12.1. The van der Waals surface area contributed by atoms with Crippen LogP contribution in [-0.2, 0) is 0 Å². The summed E-state index contributed by atoms with van der Waals surface area (Å²) >= 11 is 23.4. The van der Waals surface area contributed by atoms with E-state index in [1.54, 1.807) is 42.6 Å². The average Bonchev–Trinajstić information content (AvgIpc) is 2.48. The number of carbonyl (C=O) groups is 1. The Balaban J connectivity index is 2.13. The van der Waals surface area contributed by atoms with Crippen LogP contribution >= 0.6 is 46.4 Å². The number of amides is 1. The molecular weight excluding hydrogens is 370 g/mol. The minimum Gasteiger partial charge on any atom is -0.466 e. The van der Waals surface area contributed by atoms with Crippen molar-refractivity contribution in [2.75, 3.05) is 0 Å². The Morgan fingerprint density at radius 2 is 1.86 bits per heavy atom. The topological polar surface area (TPSA) is 51.2 Å². The summed E-state index contributed by atoms with van der Waals surface area (Å²) in [7, 11) is 0. The lowest BCUT2D eigenvalue weighted by molar-refractivity contribution is 0.0832. The molecular formula is C14H10Cl4N2O2.